The summed E-state index contributed by atoms with van der Waals surface area (Å²) in [6, 6.07) is 17.8. The first-order chi connectivity index (χ1) is 16.0. The lowest BCUT2D eigenvalue weighted by Gasteiger charge is -2.30. The zero-order chi connectivity index (χ0) is 23.5. The van der Waals surface area contributed by atoms with Crippen LogP contribution in [0.15, 0.2) is 60.7 Å². The Morgan fingerprint density at radius 3 is 2.09 bits per heavy atom. The molecule has 0 spiro atoms. The fourth-order valence-corrected chi connectivity index (χ4v) is 4.29. The van der Waals surface area contributed by atoms with Gasteiger partial charge < -0.3 is 29.0 Å². The molecule has 2 atom stereocenters. The number of rotatable bonds is 8. The first kappa shape index (κ1) is 22.5. The maximum Gasteiger partial charge on any atom is 0.255 e. The van der Waals surface area contributed by atoms with Crippen molar-refractivity contribution in [3.05, 3.63) is 82.9 Å². The maximum absolute atomic E-state index is 13.3. The van der Waals surface area contributed by atoms with Crippen LogP contribution in [0.25, 0.3) is 0 Å². The number of amides is 1. The first-order valence-corrected chi connectivity index (χ1v) is 10.5. The predicted octanol–water partition coefficient (Wildman–Crippen LogP) is 4.15. The highest BCUT2D eigenvalue weighted by atomic mass is 16.5. The van der Waals surface area contributed by atoms with Gasteiger partial charge in [0.15, 0.2) is 11.5 Å². The van der Waals surface area contributed by atoms with Gasteiger partial charge in [0.1, 0.15) is 11.9 Å². The number of hydrogen-bond acceptors (Lipinski definition) is 6. The van der Waals surface area contributed by atoms with Gasteiger partial charge in [-0.05, 0) is 47.0 Å². The molecule has 3 aromatic carbocycles. The van der Waals surface area contributed by atoms with E-state index in [4.69, 9.17) is 18.9 Å². The summed E-state index contributed by atoms with van der Waals surface area (Å²) in [5.74, 6) is 1.92. The molecular formula is C26H27NO6. The van der Waals surface area contributed by atoms with Crippen molar-refractivity contribution in [1.29, 1.82) is 0 Å². The summed E-state index contributed by atoms with van der Waals surface area (Å²) in [6.07, 6.45) is -1.02. The molecule has 7 nitrogen and oxygen atoms in total. The van der Waals surface area contributed by atoms with Crippen LogP contribution in [0.1, 0.15) is 39.2 Å². The van der Waals surface area contributed by atoms with Crippen LogP contribution in [-0.4, -0.2) is 44.4 Å². The van der Waals surface area contributed by atoms with Crippen LogP contribution < -0.4 is 18.9 Å². The summed E-state index contributed by atoms with van der Waals surface area (Å²) >= 11 is 0. The molecule has 7 heteroatoms. The molecule has 0 unspecified atom stereocenters. The molecule has 1 heterocycles. The Bertz CT molecular complexity index is 1120. The normalized spacial score (nSPS) is 15.7. The molecule has 33 heavy (non-hydrogen) atoms. The monoisotopic (exact) mass is 449 g/mol. The summed E-state index contributed by atoms with van der Waals surface area (Å²) < 4.78 is 21.6. The minimum Gasteiger partial charge on any atom is -0.497 e. The lowest BCUT2D eigenvalue weighted by atomic mass is 9.94. The van der Waals surface area contributed by atoms with Crippen LogP contribution in [0.3, 0.4) is 0 Å². The zero-order valence-electron chi connectivity index (χ0n) is 19.1. The molecule has 1 aliphatic heterocycles. The van der Waals surface area contributed by atoms with E-state index < -0.39 is 12.1 Å². The number of carbonyl (C=O) groups is 1. The Hall–Kier alpha value is -3.71. The second-order valence-electron chi connectivity index (χ2n) is 7.72. The number of fused-ring (bicyclic) bond motifs is 1. The van der Waals surface area contributed by atoms with E-state index in [0.717, 1.165) is 16.9 Å². The third-order valence-electron chi connectivity index (χ3n) is 5.95. The first-order valence-electron chi connectivity index (χ1n) is 10.5. The molecule has 0 aliphatic carbocycles. The number of methoxy groups -OCH3 is 4. The van der Waals surface area contributed by atoms with Crippen LogP contribution in [0.5, 0.6) is 23.0 Å². The SMILES string of the molecule is COc1ccc(CN2C(=O)c3ccccc3[C@@H]2[C@@H](O)c2cc(OC)c(OC)c(OC)c2)cc1. The Balaban J connectivity index is 1.75. The highest BCUT2D eigenvalue weighted by Crippen LogP contribution is 2.46. The summed E-state index contributed by atoms with van der Waals surface area (Å²) in [5.41, 5.74) is 2.84. The van der Waals surface area contributed by atoms with Crippen molar-refractivity contribution in [3.63, 3.8) is 0 Å². The van der Waals surface area contributed by atoms with Crippen LogP contribution in [0.4, 0.5) is 0 Å². The quantitative estimate of drug-likeness (QED) is 0.557. The number of aliphatic hydroxyl groups is 1. The number of aliphatic hydroxyl groups excluding tert-OH is 1. The number of nitrogens with zero attached hydrogens (tertiary/aromatic N) is 1. The van der Waals surface area contributed by atoms with Crippen molar-refractivity contribution < 1.29 is 28.8 Å². The fourth-order valence-electron chi connectivity index (χ4n) is 4.29. The van der Waals surface area contributed by atoms with Crippen molar-refractivity contribution in [2.45, 2.75) is 18.7 Å². The van der Waals surface area contributed by atoms with Crippen molar-refractivity contribution in [2.75, 3.05) is 28.4 Å². The highest BCUT2D eigenvalue weighted by molar-refractivity contribution is 5.99. The van der Waals surface area contributed by atoms with Crippen molar-refractivity contribution >= 4 is 5.91 Å². The van der Waals surface area contributed by atoms with Crippen molar-refractivity contribution in [2.24, 2.45) is 0 Å². The molecule has 0 saturated carbocycles. The molecule has 0 fully saturated rings. The minimum absolute atomic E-state index is 0.127. The molecule has 0 aromatic heterocycles. The maximum atomic E-state index is 13.3. The third-order valence-corrected chi connectivity index (χ3v) is 5.95. The molecule has 0 saturated heterocycles. The molecule has 4 rings (SSSR count). The molecule has 172 valence electrons. The average molecular weight is 450 g/mol. The smallest absolute Gasteiger partial charge is 0.255 e. The lowest BCUT2D eigenvalue weighted by Crippen LogP contribution is -2.31. The van der Waals surface area contributed by atoms with E-state index in [1.54, 1.807) is 30.2 Å². The van der Waals surface area contributed by atoms with Gasteiger partial charge in [-0.25, -0.2) is 0 Å². The average Bonchev–Trinajstić information content (AvgIpc) is 3.14. The van der Waals surface area contributed by atoms with E-state index in [9.17, 15) is 9.90 Å². The van der Waals surface area contributed by atoms with Gasteiger partial charge in [-0.15, -0.1) is 0 Å². The Labute approximate surface area is 193 Å². The summed E-state index contributed by atoms with van der Waals surface area (Å²) in [7, 11) is 6.19. The predicted molar refractivity (Wildman–Crippen MR) is 123 cm³/mol. The van der Waals surface area contributed by atoms with E-state index in [1.807, 2.05) is 42.5 Å². The van der Waals surface area contributed by atoms with Gasteiger partial charge in [-0.2, -0.15) is 0 Å². The van der Waals surface area contributed by atoms with Gasteiger partial charge in [0.05, 0.1) is 34.5 Å². The van der Waals surface area contributed by atoms with Crippen LogP contribution >= 0.6 is 0 Å². The number of ether oxygens (including phenoxy) is 4. The zero-order valence-corrected chi connectivity index (χ0v) is 19.1. The van der Waals surface area contributed by atoms with Gasteiger partial charge >= 0.3 is 0 Å². The van der Waals surface area contributed by atoms with Gasteiger partial charge in [-0.1, -0.05) is 30.3 Å². The summed E-state index contributed by atoms with van der Waals surface area (Å²) in [5, 5.41) is 11.6. The fraction of sp³-hybridized carbons (Fsp3) is 0.269. The lowest BCUT2D eigenvalue weighted by molar-refractivity contribution is 0.0398. The Morgan fingerprint density at radius 1 is 0.879 bits per heavy atom. The standard InChI is InChI=1S/C26H27NO6/c1-30-18-11-9-16(10-12-18)15-27-23(19-7-5-6-8-20(19)26(27)29)24(28)17-13-21(31-2)25(33-4)22(14-17)32-3/h5-14,23-24,28H,15H2,1-4H3/t23-,24+/m1/s1. The largest absolute Gasteiger partial charge is 0.497 e. The minimum atomic E-state index is -1.02. The number of carbonyl (C=O) groups excluding carboxylic acids is 1. The second-order valence-corrected chi connectivity index (χ2v) is 7.72. The molecule has 1 aliphatic rings. The summed E-state index contributed by atoms with van der Waals surface area (Å²) in [6.45, 7) is 0.337. The molecular weight excluding hydrogens is 422 g/mol. The van der Waals surface area contributed by atoms with Crippen LogP contribution in [-0.2, 0) is 6.54 Å². The number of benzene rings is 3. The second kappa shape index (κ2) is 9.42. The van der Waals surface area contributed by atoms with Crippen LogP contribution in [0.2, 0.25) is 0 Å². The summed E-state index contributed by atoms with van der Waals surface area (Å²) in [4.78, 5) is 15.0. The molecule has 1 amide bonds. The van der Waals surface area contributed by atoms with Gasteiger partial charge in [0, 0.05) is 12.1 Å². The number of hydrogen-bond donors (Lipinski definition) is 1. The Morgan fingerprint density at radius 2 is 1.52 bits per heavy atom. The molecule has 3 aromatic rings. The van der Waals surface area contributed by atoms with Crippen LogP contribution in [0, 0.1) is 0 Å². The van der Waals surface area contributed by atoms with Crippen molar-refractivity contribution in [1.82, 2.24) is 4.90 Å². The molecule has 0 radical (unpaired) electrons. The van der Waals surface area contributed by atoms with Crippen molar-refractivity contribution in [3.8, 4) is 23.0 Å². The van der Waals surface area contributed by atoms with E-state index in [0.29, 0.717) is 34.9 Å². The van der Waals surface area contributed by atoms with Gasteiger partial charge in [-0.3, -0.25) is 4.79 Å². The van der Waals surface area contributed by atoms with E-state index >= 15 is 0 Å². The Kier molecular flexibility index (Phi) is 6.42. The molecule has 1 N–H and O–H groups in total. The van der Waals surface area contributed by atoms with Gasteiger partial charge in [0.25, 0.3) is 5.91 Å². The van der Waals surface area contributed by atoms with E-state index in [1.165, 1.54) is 21.3 Å². The third kappa shape index (κ3) is 4.07. The van der Waals surface area contributed by atoms with E-state index in [2.05, 4.69) is 0 Å². The molecule has 0 bridgehead atoms. The van der Waals surface area contributed by atoms with Gasteiger partial charge in [0.2, 0.25) is 5.75 Å². The topological polar surface area (TPSA) is 77.5 Å². The highest BCUT2D eigenvalue weighted by Gasteiger charge is 2.41. The van der Waals surface area contributed by atoms with E-state index in [-0.39, 0.29) is 5.91 Å².